The zero-order valence-corrected chi connectivity index (χ0v) is 10.7. The molecule has 0 aromatic carbocycles. The molecular weight excluding hydrogens is 254 g/mol. The molecule has 2 unspecified atom stereocenters. The monoisotopic (exact) mass is 272 g/mol. The van der Waals surface area contributed by atoms with Crippen LogP contribution in [0.5, 0.6) is 0 Å². The highest BCUT2D eigenvalue weighted by Gasteiger charge is 2.40. The molecule has 1 aliphatic rings. The SMILES string of the molecule is CCOC(=O)N(C1CCCCC1O)[n+]1cc(=O)o[nH]1. The Kier molecular flexibility index (Phi) is 4.20. The number of carbonyl (C=O) groups excluding carboxylic acids is 1. The van der Waals surface area contributed by atoms with Gasteiger partial charge in [0, 0.05) is 10.1 Å². The van der Waals surface area contributed by atoms with Crippen LogP contribution >= 0.6 is 0 Å². The van der Waals surface area contributed by atoms with Gasteiger partial charge in [-0.3, -0.25) is 4.52 Å². The summed E-state index contributed by atoms with van der Waals surface area (Å²) in [4.78, 5) is 24.2. The van der Waals surface area contributed by atoms with Crippen LogP contribution in [0.4, 0.5) is 4.79 Å². The molecule has 8 nitrogen and oxygen atoms in total. The van der Waals surface area contributed by atoms with Crippen LogP contribution in [0, 0.1) is 0 Å². The topological polar surface area (TPSA) is 99.7 Å². The Labute approximate surface area is 109 Å². The number of nitrogens with one attached hydrogen (secondary N) is 1. The number of hydrogen-bond donors (Lipinski definition) is 2. The number of carbonyl (C=O) groups is 1. The van der Waals surface area contributed by atoms with Gasteiger partial charge in [-0.1, -0.05) is 12.8 Å². The lowest BCUT2D eigenvalue weighted by Gasteiger charge is -2.30. The number of aromatic amines is 1. The number of H-pyrrole nitrogens is 1. The normalized spacial score (nSPS) is 23.1. The molecule has 1 aromatic heterocycles. The molecule has 1 fully saturated rings. The van der Waals surface area contributed by atoms with Crippen LogP contribution in [0.15, 0.2) is 15.5 Å². The molecule has 0 saturated heterocycles. The van der Waals surface area contributed by atoms with Crippen LogP contribution in [0.2, 0.25) is 0 Å². The fraction of sp³-hybridized carbons (Fsp3) is 0.727. The van der Waals surface area contributed by atoms with Crippen molar-refractivity contribution in [2.75, 3.05) is 11.6 Å². The van der Waals surface area contributed by atoms with Crippen LogP contribution in [0.25, 0.3) is 0 Å². The molecule has 1 aliphatic carbocycles. The molecule has 8 heteroatoms. The first kappa shape index (κ1) is 13.6. The lowest BCUT2D eigenvalue weighted by molar-refractivity contribution is -0.754. The second-order valence-corrected chi connectivity index (χ2v) is 4.45. The predicted octanol–water partition coefficient (Wildman–Crippen LogP) is -0.347. The average Bonchev–Trinajstić information content (AvgIpc) is 2.79. The van der Waals surface area contributed by atoms with E-state index in [0.717, 1.165) is 23.8 Å². The van der Waals surface area contributed by atoms with Gasteiger partial charge < -0.3 is 9.84 Å². The molecule has 19 heavy (non-hydrogen) atoms. The molecule has 0 spiro atoms. The molecule has 1 heterocycles. The van der Waals surface area contributed by atoms with Crippen molar-refractivity contribution < 1.29 is 24.0 Å². The van der Waals surface area contributed by atoms with Gasteiger partial charge in [-0.15, -0.1) is 0 Å². The van der Waals surface area contributed by atoms with Crippen LogP contribution < -0.4 is 15.4 Å². The Morgan fingerprint density at radius 2 is 2.37 bits per heavy atom. The third-order valence-electron chi connectivity index (χ3n) is 3.16. The Hall–Kier alpha value is -1.83. The third-order valence-corrected chi connectivity index (χ3v) is 3.16. The maximum Gasteiger partial charge on any atom is 0.466 e. The summed E-state index contributed by atoms with van der Waals surface area (Å²) < 4.78 is 9.51. The highest BCUT2D eigenvalue weighted by Crippen LogP contribution is 2.21. The summed E-state index contributed by atoms with van der Waals surface area (Å²) in [5, 5.41) is 13.5. The fourth-order valence-electron chi connectivity index (χ4n) is 2.30. The maximum atomic E-state index is 12.0. The molecule has 0 aliphatic heterocycles. The first-order valence-electron chi connectivity index (χ1n) is 6.38. The second-order valence-electron chi connectivity index (χ2n) is 4.45. The largest absolute Gasteiger partial charge is 0.466 e. The number of amides is 1. The van der Waals surface area contributed by atoms with Gasteiger partial charge in [-0.05, 0) is 24.8 Å². The van der Waals surface area contributed by atoms with Gasteiger partial charge in [0.25, 0.3) is 0 Å². The summed E-state index contributed by atoms with van der Waals surface area (Å²) >= 11 is 0. The van der Waals surface area contributed by atoms with E-state index < -0.39 is 23.9 Å². The molecule has 2 N–H and O–H groups in total. The summed E-state index contributed by atoms with van der Waals surface area (Å²) in [6, 6.07) is -0.439. The van der Waals surface area contributed by atoms with Gasteiger partial charge in [0.2, 0.25) is 0 Å². The Morgan fingerprint density at radius 3 is 2.95 bits per heavy atom. The Morgan fingerprint density at radius 1 is 1.63 bits per heavy atom. The second kappa shape index (κ2) is 5.87. The number of aliphatic hydroxyl groups excluding tert-OH is 1. The van der Waals surface area contributed by atoms with E-state index in [-0.39, 0.29) is 6.61 Å². The number of ether oxygens (including phenoxy) is 1. The zero-order chi connectivity index (χ0) is 13.8. The van der Waals surface area contributed by atoms with Crippen molar-refractivity contribution in [2.45, 2.75) is 44.8 Å². The molecule has 2 rings (SSSR count). The molecule has 0 bridgehead atoms. The van der Waals surface area contributed by atoms with Crippen molar-refractivity contribution in [2.24, 2.45) is 0 Å². The van der Waals surface area contributed by atoms with E-state index in [1.807, 2.05) is 0 Å². The van der Waals surface area contributed by atoms with E-state index in [2.05, 4.69) is 9.79 Å². The number of aromatic nitrogens is 2. The first-order valence-corrected chi connectivity index (χ1v) is 6.38. The minimum absolute atomic E-state index is 0.209. The lowest BCUT2D eigenvalue weighted by Crippen LogP contribution is -2.69. The van der Waals surface area contributed by atoms with Gasteiger partial charge in [-0.2, -0.15) is 0 Å². The average molecular weight is 272 g/mol. The van der Waals surface area contributed by atoms with E-state index in [1.54, 1.807) is 6.92 Å². The van der Waals surface area contributed by atoms with Gasteiger partial charge in [-0.25, -0.2) is 9.59 Å². The zero-order valence-electron chi connectivity index (χ0n) is 10.7. The minimum Gasteiger partial charge on any atom is -0.446 e. The fourth-order valence-corrected chi connectivity index (χ4v) is 2.30. The Balaban J connectivity index is 2.27. The highest BCUT2D eigenvalue weighted by molar-refractivity contribution is 5.77. The van der Waals surface area contributed by atoms with Crippen molar-refractivity contribution in [1.82, 2.24) is 5.27 Å². The highest BCUT2D eigenvalue weighted by atomic mass is 16.6. The van der Waals surface area contributed by atoms with Gasteiger partial charge in [0.1, 0.15) is 6.04 Å². The third kappa shape index (κ3) is 2.95. The summed E-state index contributed by atoms with van der Waals surface area (Å²) in [6.45, 7) is 1.90. The van der Waals surface area contributed by atoms with Crippen LogP contribution in [-0.4, -0.2) is 35.2 Å². The van der Waals surface area contributed by atoms with E-state index >= 15 is 0 Å². The van der Waals surface area contributed by atoms with E-state index in [1.165, 1.54) is 5.01 Å². The lowest BCUT2D eigenvalue weighted by atomic mass is 9.92. The van der Waals surface area contributed by atoms with Crippen molar-refractivity contribution in [3.63, 3.8) is 0 Å². The summed E-state index contributed by atoms with van der Waals surface area (Å²) in [5.41, 5.74) is -0.611. The molecule has 106 valence electrons. The molecule has 1 aromatic rings. The smallest absolute Gasteiger partial charge is 0.446 e. The first-order chi connectivity index (χ1) is 9.13. The van der Waals surface area contributed by atoms with Crippen LogP contribution in [0.3, 0.4) is 0 Å². The molecule has 2 atom stereocenters. The molecule has 1 amide bonds. The number of nitrogens with zero attached hydrogens (tertiary/aromatic N) is 2. The molecular formula is C11H18N3O5+. The van der Waals surface area contributed by atoms with Crippen molar-refractivity contribution in [1.29, 1.82) is 0 Å². The van der Waals surface area contributed by atoms with Crippen molar-refractivity contribution in [3.05, 3.63) is 16.6 Å². The predicted molar refractivity (Wildman–Crippen MR) is 63.0 cm³/mol. The summed E-state index contributed by atoms with van der Waals surface area (Å²) in [7, 11) is 0. The minimum atomic E-state index is -0.649. The van der Waals surface area contributed by atoms with E-state index in [0.29, 0.717) is 12.8 Å². The van der Waals surface area contributed by atoms with Crippen molar-refractivity contribution in [3.8, 4) is 0 Å². The van der Waals surface area contributed by atoms with Gasteiger partial charge in [0.15, 0.2) is 0 Å². The number of aliphatic hydroxyl groups is 1. The standard InChI is InChI=1S/C11H17N3O5/c1-2-18-11(17)14(13-7-10(16)19-12-13)8-5-3-4-6-9(8)15/h7-9,15H,2-6H2,1H3/p+1. The van der Waals surface area contributed by atoms with Crippen LogP contribution in [-0.2, 0) is 4.74 Å². The van der Waals surface area contributed by atoms with E-state index in [9.17, 15) is 14.7 Å². The van der Waals surface area contributed by atoms with Crippen molar-refractivity contribution >= 4 is 6.09 Å². The maximum absolute atomic E-state index is 12.0. The Bertz CT molecular complexity index is 483. The number of rotatable bonds is 3. The quantitative estimate of drug-likeness (QED) is 0.733. The summed E-state index contributed by atoms with van der Waals surface area (Å²) in [6.07, 6.45) is 2.89. The van der Waals surface area contributed by atoms with Gasteiger partial charge >= 0.3 is 17.9 Å². The molecule has 1 saturated carbocycles. The molecule has 0 radical (unpaired) electrons. The van der Waals surface area contributed by atoms with Crippen LogP contribution in [0.1, 0.15) is 32.6 Å². The van der Waals surface area contributed by atoms with Gasteiger partial charge in [0.05, 0.1) is 12.7 Å². The van der Waals surface area contributed by atoms with E-state index in [4.69, 9.17) is 4.74 Å². The number of hydrogen-bond acceptors (Lipinski definition) is 5. The summed E-state index contributed by atoms with van der Waals surface area (Å²) in [5.74, 6) is 0.